The van der Waals surface area contributed by atoms with Gasteiger partial charge in [-0.2, -0.15) is 0 Å². The summed E-state index contributed by atoms with van der Waals surface area (Å²) in [6.45, 7) is 0. The van der Waals surface area contributed by atoms with E-state index in [-0.39, 0.29) is 5.91 Å². The van der Waals surface area contributed by atoms with Crippen LogP contribution in [0.25, 0.3) is 0 Å². The van der Waals surface area contributed by atoms with Crippen molar-refractivity contribution in [1.82, 2.24) is 5.32 Å². The zero-order chi connectivity index (χ0) is 17.9. The summed E-state index contributed by atoms with van der Waals surface area (Å²) in [4.78, 5) is 36.7. The number of aliphatic carboxylic acids is 1. The average Bonchev–Trinajstić information content (AvgIpc) is 3.27. The second kappa shape index (κ2) is 7.06. The summed E-state index contributed by atoms with van der Waals surface area (Å²) in [6, 6.07) is 9.99. The van der Waals surface area contributed by atoms with Gasteiger partial charge in [-0.15, -0.1) is 11.3 Å². The quantitative estimate of drug-likeness (QED) is 0.765. The van der Waals surface area contributed by atoms with E-state index in [4.69, 9.17) is 0 Å². The monoisotopic (exact) mass is 358 g/mol. The van der Waals surface area contributed by atoms with Crippen LogP contribution in [0.4, 0.5) is 5.69 Å². The van der Waals surface area contributed by atoms with Gasteiger partial charge in [0.15, 0.2) is 0 Å². The van der Waals surface area contributed by atoms with Gasteiger partial charge in [0.1, 0.15) is 5.54 Å². The summed E-state index contributed by atoms with van der Waals surface area (Å²) in [6.07, 6.45) is 2.43. The summed E-state index contributed by atoms with van der Waals surface area (Å²) >= 11 is 1.33. The third-order valence-electron chi connectivity index (χ3n) is 4.35. The molecule has 1 aromatic carbocycles. The number of benzene rings is 1. The maximum Gasteiger partial charge on any atom is 0.329 e. The van der Waals surface area contributed by atoms with Gasteiger partial charge in [0.05, 0.1) is 4.88 Å². The Hall–Kier alpha value is -2.67. The molecule has 1 heterocycles. The number of nitrogens with one attached hydrogen (secondary N) is 2. The second-order valence-electron chi connectivity index (χ2n) is 6.06. The maximum atomic E-state index is 12.5. The largest absolute Gasteiger partial charge is 0.480 e. The normalized spacial score (nSPS) is 15.5. The number of carboxylic acids is 1. The molecule has 0 unspecified atom stereocenters. The number of thiophene rings is 1. The maximum absolute atomic E-state index is 12.5. The smallest absolute Gasteiger partial charge is 0.329 e. The number of hydrogen-bond donors (Lipinski definition) is 3. The van der Waals surface area contributed by atoms with E-state index >= 15 is 0 Å². The number of carboxylic acid groups (broad SMARTS) is 1. The molecule has 0 aliphatic heterocycles. The molecule has 3 N–H and O–H groups in total. The summed E-state index contributed by atoms with van der Waals surface area (Å²) in [7, 11) is 0. The molecule has 1 aliphatic carbocycles. The Morgan fingerprint density at radius 3 is 2.44 bits per heavy atom. The van der Waals surface area contributed by atoms with Crippen molar-refractivity contribution >= 4 is 34.8 Å². The van der Waals surface area contributed by atoms with Crippen LogP contribution in [0.5, 0.6) is 0 Å². The predicted molar refractivity (Wildman–Crippen MR) is 95.0 cm³/mol. The minimum absolute atomic E-state index is 0.245. The van der Waals surface area contributed by atoms with Crippen molar-refractivity contribution in [2.45, 2.75) is 31.2 Å². The Morgan fingerprint density at radius 1 is 1.04 bits per heavy atom. The molecule has 6 nitrogen and oxygen atoms in total. The highest BCUT2D eigenvalue weighted by Crippen LogP contribution is 2.30. The lowest BCUT2D eigenvalue weighted by atomic mass is 9.97. The highest BCUT2D eigenvalue weighted by molar-refractivity contribution is 7.12. The lowest BCUT2D eigenvalue weighted by Crippen LogP contribution is -2.52. The molecule has 3 rings (SSSR count). The first kappa shape index (κ1) is 17.2. The first-order valence-electron chi connectivity index (χ1n) is 8.01. The molecule has 7 heteroatoms. The molecular formula is C18H18N2O4S. The Balaban J connectivity index is 1.73. The number of carbonyl (C=O) groups excluding carboxylic acids is 2. The van der Waals surface area contributed by atoms with E-state index in [2.05, 4.69) is 10.6 Å². The summed E-state index contributed by atoms with van der Waals surface area (Å²) in [5.41, 5.74) is -0.383. The molecule has 0 radical (unpaired) electrons. The van der Waals surface area contributed by atoms with Crippen LogP contribution in [0.2, 0.25) is 0 Å². The van der Waals surface area contributed by atoms with E-state index in [1.165, 1.54) is 11.3 Å². The van der Waals surface area contributed by atoms with Crippen LogP contribution >= 0.6 is 11.3 Å². The molecule has 0 saturated heterocycles. The lowest BCUT2D eigenvalue weighted by Gasteiger charge is -2.25. The fourth-order valence-electron chi connectivity index (χ4n) is 3.00. The first-order valence-corrected chi connectivity index (χ1v) is 8.89. The van der Waals surface area contributed by atoms with Crippen molar-refractivity contribution in [2.75, 3.05) is 5.32 Å². The van der Waals surface area contributed by atoms with Gasteiger partial charge in [-0.05, 0) is 42.5 Å². The Kier molecular flexibility index (Phi) is 4.85. The van der Waals surface area contributed by atoms with Gasteiger partial charge in [0, 0.05) is 11.3 Å². The lowest BCUT2D eigenvalue weighted by molar-refractivity contribution is -0.144. The Morgan fingerprint density at radius 2 is 1.80 bits per heavy atom. The molecule has 1 aromatic heterocycles. The van der Waals surface area contributed by atoms with Crippen LogP contribution in [0.15, 0.2) is 41.8 Å². The van der Waals surface area contributed by atoms with E-state index < -0.39 is 17.4 Å². The highest BCUT2D eigenvalue weighted by atomic mass is 32.1. The van der Waals surface area contributed by atoms with E-state index in [0.717, 1.165) is 12.8 Å². The molecule has 2 amide bonds. The molecular weight excluding hydrogens is 340 g/mol. The van der Waals surface area contributed by atoms with Gasteiger partial charge < -0.3 is 15.7 Å². The van der Waals surface area contributed by atoms with Crippen LogP contribution in [0.3, 0.4) is 0 Å². The van der Waals surface area contributed by atoms with E-state index in [1.807, 2.05) is 5.38 Å². The standard InChI is InChI=1S/C18H18N2O4S/c21-15(20-18(17(23)24)8-1-2-9-18)12-5-3-6-13(11-12)19-16(22)14-7-4-10-25-14/h3-7,10-11H,1-2,8-9H2,(H,19,22)(H,20,21)(H,23,24). The van der Waals surface area contributed by atoms with Gasteiger partial charge >= 0.3 is 5.97 Å². The average molecular weight is 358 g/mol. The van der Waals surface area contributed by atoms with Crippen LogP contribution in [-0.4, -0.2) is 28.4 Å². The summed E-state index contributed by atoms with van der Waals surface area (Å²) in [5, 5.41) is 16.7. The third kappa shape index (κ3) is 3.71. The Labute approximate surface area is 148 Å². The summed E-state index contributed by atoms with van der Waals surface area (Å²) in [5.74, 6) is -1.69. The molecule has 1 saturated carbocycles. The number of carbonyl (C=O) groups is 3. The van der Waals surface area contributed by atoms with Crippen molar-refractivity contribution in [2.24, 2.45) is 0 Å². The topological polar surface area (TPSA) is 95.5 Å². The number of rotatable bonds is 5. The fourth-order valence-corrected chi connectivity index (χ4v) is 3.62. The van der Waals surface area contributed by atoms with Crippen LogP contribution < -0.4 is 10.6 Å². The molecule has 0 atom stereocenters. The minimum Gasteiger partial charge on any atom is -0.480 e. The predicted octanol–water partition coefficient (Wildman–Crippen LogP) is 3.13. The van der Waals surface area contributed by atoms with Crippen molar-refractivity contribution < 1.29 is 19.5 Å². The van der Waals surface area contributed by atoms with E-state index in [1.54, 1.807) is 36.4 Å². The molecule has 2 aromatic rings. The molecule has 1 aliphatic rings. The van der Waals surface area contributed by atoms with Gasteiger partial charge in [0.2, 0.25) is 0 Å². The van der Waals surface area contributed by atoms with Crippen LogP contribution in [-0.2, 0) is 4.79 Å². The van der Waals surface area contributed by atoms with Gasteiger partial charge in [0.25, 0.3) is 11.8 Å². The molecule has 0 spiro atoms. The number of anilines is 1. The van der Waals surface area contributed by atoms with Crippen LogP contribution in [0.1, 0.15) is 45.7 Å². The number of amides is 2. The van der Waals surface area contributed by atoms with Crippen molar-refractivity contribution in [3.63, 3.8) is 0 Å². The minimum atomic E-state index is -1.19. The van der Waals surface area contributed by atoms with Crippen LogP contribution in [0, 0.1) is 0 Å². The van der Waals surface area contributed by atoms with Crippen molar-refractivity contribution in [3.05, 3.63) is 52.2 Å². The number of hydrogen-bond acceptors (Lipinski definition) is 4. The molecule has 25 heavy (non-hydrogen) atoms. The Bertz CT molecular complexity index is 795. The van der Waals surface area contributed by atoms with Gasteiger partial charge in [-0.3, -0.25) is 9.59 Å². The highest BCUT2D eigenvalue weighted by Gasteiger charge is 2.42. The summed E-state index contributed by atoms with van der Waals surface area (Å²) < 4.78 is 0. The first-order chi connectivity index (χ1) is 12.0. The van der Waals surface area contributed by atoms with Gasteiger partial charge in [-0.1, -0.05) is 25.0 Å². The van der Waals surface area contributed by atoms with E-state index in [9.17, 15) is 19.5 Å². The van der Waals surface area contributed by atoms with Crippen molar-refractivity contribution in [3.8, 4) is 0 Å². The van der Waals surface area contributed by atoms with E-state index in [0.29, 0.717) is 29.0 Å². The zero-order valence-electron chi connectivity index (χ0n) is 13.5. The van der Waals surface area contributed by atoms with Crippen molar-refractivity contribution in [1.29, 1.82) is 0 Å². The molecule has 130 valence electrons. The fraction of sp³-hybridized carbons (Fsp3) is 0.278. The zero-order valence-corrected chi connectivity index (χ0v) is 14.3. The third-order valence-corrected chi connectivity index (χ3v) is 5.22. The SMILES string of the molecule is O=C(NC1(C(=O)O)CCCC1)c1cccc(NC(=O)c2cccs2)c1. The molecule has 1 fully saturated rings. The second-order valence-corrected chi connectivity index (χ2v) is 7.01. The van der Waals surface area contributed by atoms with Gasteiger partial charge in [-0.25, -0.2) is 4.79 Å². The molecule has 0 bridgehead atoms.